The molecule has 0 radical (unpaired) electrons. The number of aliphatic hydroxyl groups excluding tert-OH is 1. The minimum Gasteiger partial charge on any atom is -0.508 e. The van der Waals surface area contributed by atoms with Gasteiger partial charge in [-0.1, -0.05) is 39.2 Å². The minimum absolute atomic E-state index is 0.0594. The number of nitrogens with zero attached hydrogens (tertiary/aromatic N) is 1. The van der Waals surface area contributed by atoms with E-state index >= 15 is 0 Å². The first-order valence-corrected chi connectivity index (χ1v) is 11.7. The summed E-state index contributed by atoms with van der Waals surface area (Å²) < 4.78 is 6.44. The first-order valence-electron chi connectivity index (χ1n) is 11.7. The lowest BCUT2D eigenvalue weighted by Crippen LogP contribution is -2.45. The fourth-order valence-corrected chi connectivity index (χ4v) is 5.29. The van der Waals surface area contributed by atoms with Gasteiger partial charge in [0.05, 0.1) is 13.2 Å². The normalized spacial score (nSPS) is 21.7. The van der Waals surface area contributed by atoms with Gasteiger partial charge in [-0.25, -0.2) is 0 Å². The second-order valence-corrected chi connectivity index (χ2v) is 10.4. The topological polar surface area (TPSA) is 102 Å². The van der Waals surface area contributed by atoms with Crippen LogP contribution in [0.3, 0.4) is 0 Å². The van der Waals surface area contributed by atoms with E-state index in [1.165, 1.54) is 0 Å². The monoisotopic (exact) mass is 447 g/mol. The van der Waals surface area contributed by atoms with Crippen LogP contribution in [0.4, 0.5) is 0 Å². The van der Waals surface area contributed by atoms with Gasteiger partial charge in [-0.15, -0.1) is 10.1 Å². The summed E-state index contributed by atoms with van der Waals surface area (Å²) in [6.45, 7) is 8.79. The summed E-state index contributed by atoms with van der Waals surface area (Å²) in [5, 5.41) is 30.2. The van der Waals surface area contributed by atoms with Crippen molar-refractivity contribution in [2.24, 2.45) is 5.92 Å². The van der Waals surface area contributed by atoms with Gasteiger partial charge in [0.2, 0.25) is 0 Å². The summed E-state index contributed by atoms with van der Waals surface area (Å²) in [7, 11) is 0. The van der Waals surface area contributed by atoms with Gasteiger partial charge in [0.1, 0.15) is 17.1 Å². The number of aromatic hydroxyl groups is 1. The van der Waals surface area contributed by atoms with Crippen LogP contribution in [0.1, 0.15) is 89.7 Å². The number of phenolic OH excluding ortho intramolecular Hbond substituents is 1. The van der Waals surface area contributed by atoms with E-state index in [0.29, 0.717) is 6.42 Å². The van der Waals surface area contributed by atoms with E-state index in [2.05, 4.69) is 44.7 Å². The maximum absolute atomic E-state index is 11.1. The van der Waals surface area contributed by atoms with Crippen molar-refractivity contribution in [3.8, 4) is 11.5 Å². The summed E-state index contributed by atoms with van der Waals surface area (Å²) in [5.41, 5.74) is 2.46. The first kappa shape index (κ1) is 24.4. The molecule has 0 amide bonds. The predicted octanol–water partition coefficient (Wildman–Crippen LogP) is 5.41. The van der Waals surface area contributed by atoms with Crippen molar-refractivity contribution in [3.63, 3.8) is 0 Å². The molecule has 0 bridgehead atoms. The number of aliphatic hydroxyl groups is 1. The smallest absolute Gasteiger partial charge is 0.294 e. The molecule has 0 aromatic heterocycles. The fraction of sp³-hybridized carbons (Fsp3) is 0.680. The number of phenols is 1. The number of rotatable bonds is 10. The highest BCUT2D eigenvalue weighted by molar-refractivity contribution is 5.54. The molecule has 1 aromatic rings. The molecular formula is C25H37NO6. The van der Waals surface area contributed by atoms with E-state index < -0.39 is 5.09 Å². The molecule has 1 aliphatic carbocycles. The Kier molecular flexibility index (Phi) is 7.38. The molecule has 1 aromatic carbocycles. The summed E-state index contributed by atoms with van der Waals surface area (Å²) in [6.07, 6.45) is 8.18. The zero-order chi connectivity index (χ0) is 23.5. The summed E-state index contributed by atoms with van der Waals surface area (Å²) >= 11 is 0. The zero-order valence-electron chi connectivity index (χ0n) is 19.7. The predicted molar refractivity (Wildman–Crippen MR) is 123 cm³/mol. The molecule has 0 fully saturated rings. The lowest BCUT2D eigenvalue weighted by Gasteiger charge is -2.47. The lowest BCUT2D eigenvalue weighted by molar-refractivity contribution is -0.757. The molecule has 2 aliphatic rings. The van der Waals surface area contributed by atoms with Gasteiger partial charge in [0.25, 0.3) is 5.09 Å². The number of fused-ring (bicyclic) bond motifs is 3. The van der Waals surface area contributed by atoms with Crippen molar-refractivity contribution in [2.75, 3.05) is 13.2 Å². The summed E-state index contributed by atoms with van der Waals surface area (Å²) in [4.78, 5) is 14.6. The van der Waals surface area contributed by atoms with Crippen LogP contribution in [0.2, 0.25) is 0 Å². The van der Waals surface area contributed by atoms with E-state index in [4.69, 9.17) is 4.74 Å². The molecule has 0 unspecified atom stereocenters. The lowest BCUT2D eigenvalue weighted by atomic mass is 9.66. The molecule has 178 valence electrons. The van der Waals surface area contributed by atoms with Gasteiger partial charge in [-0.05, 0) is 68.2 Å². The van der Waals surface area contributed by atoms with Crippen molar-refractivity contribution < 1.29 is 24.9 Å². The number of unbranched alkanes of at least 4 members (excludes halogenated alkanes) is 3. The second-order valence-electron chi connectivity index (χ2n) is 10.4. The highest BCUT2D eigenvalue weighted by Gasteiger charge is 2.46. The first-order chi connectivity index (χ1) is 15.0. The Bertz CT molecular complexity index is 860. The number of hydrogen-bond acceptors (Lipinski definition) is 6. The second kappa shape index (κ2) is 9.69. The molecular weight excluding hydrogens is 410 g/mol. The average Bonchev–Trinajstić information content (AvgIpc) is 2.71. The van der Waals surface area contributed by atoms with Gasteiger partial charge in [-0.3, -0.25) is 0 Å². The third-order valence-corrected chi connectivity index (χ3v) is 7.26. The highest BCUT2D eigenvalue weighted by atomic mass is 16.9. The molecule has 2 atom stereocenters. The van der Waals surface area contributed by atoms with Crippen LogP contribution in [0, 0.1) is 16.0 Å². The Hall–Kier alpha value is -2.28. The maximum atomic E-state index is 11.1. The average molecular weight is 448 g/mol. The zero-order valence-corrected chi connectivity index (χ0v) is 19.7. The SMILES string of the molecule is CC(C)(CCCCCCO[N+](=O)[O-])c1cc(O)c2c(c1)OC(C)(C)[C@@H]1CC=C(CO)C[C@@H]21. The van der Waals surface area contributed by atoms with Crippen LogP contribution in [-0.4, -0.2) is 34.1 Å². The van der Waals surface area contributed by atoms with Crippen LogP contribution < -0.4 is 4.74 Å². The third-order valence-electron chi connectivity index (χ3n) is 7.26. The summed E-state index contributed by atoms with van der Waals surface area (Å²) in [6, 6.07) is 3.98. The molecule has 0 spiro atoms. The largest absolute Gasteiger partial charge is 0.508 e. The van der Waals surface area contributed by atoms with Gasteiger partial charge in [0.15, 0.2) is 0 Å². The van der Waals surface area contributed by atoms with Gasteiger partial charge >= 0.3 is 0 Å². The van der Waals surface area contributed by atoms with Crippen molar-refractivity contribution in [1.29, 1.82) is 0 Å². The van der Waals surface area contributed by atoms with Crippen LogP contribution in [0.15, 0.2) is 23.8 Å². The molecule has 0 saturated carbocycles. The van der Waals surface area contributed by atoms with E-state index in [1.807, 2.05) is 6.07 Å². The van der Waals surface area contributed by atoms with Crippen molar-refractivity contribution in [2.45, 2.75) is 89.6 Å². The van der Waals surface area contributed by atoms with E-state index in [-0.39, 0.29) is 41.8 Å². The molecule has 7 nitrogen and oxygen atoms in total. The Morgan fingerprint density at radius 3 is 2.66 bits per heavy atom. The molecule has 2 N–H and O–H groups in total. The maximum Gasteiger partial charge on any atom is 0.294 e. The Labute approximate surface area is 190 Å². The van der Waals surface area contributed by atoms with E-state index in [9.17, 15) is 20.3 Å². The highest BCUT2D eigenvalue weighted by Crippen LogP contribution is 2.54. The van der Waals surface area contributed by atoms with Crippen LogP contribution in [-0.2, 0) is 10.3 Å². The van der Waals surface area contributed by atoms with Crippen molar-refractivity contribution >= 4 is 0 Å². The minimum atomic E-state index is -0.745. The standard InChI is InChI=1S/C25H37NO6/c1-24(2,11-7-5-6-8-12-31-26(29)30)18-14-21(28)23-19-13-17(16-27)9-10-20(19)25(3,4)32-22(23)15-18/h9,14-15,19-20,27-28H,5-8,10-13,16H2,1-4H3/t19-,20-/m1/s1. The molecule has 7 heteroatoms. The van der Waals surface area contributed by atoms with Crippen LogP contribution in [0.25, 0.3) is 0 Å². The Balaban J connectivity index is 1.72. The molecule has 32 heavy (non-hydrogen) atoms. The van der Waals surface area contributed by atoms with Crippen molar-refractivity contribution in [1.82, 2.24) is 0 Å². The quantitative estimate of drug-likeness (QED) is 0.215. The number of benzene rings is 1. The van der Waals surface area contributed by atoms with E-state index in [0.717, 1.165) is 61.0 Å². The number of hydrogen-bond donors (Lipinski definition) is 2. The molecule has 1 heterocycles. The Morgan fingerprint density at radius 2 is 1.97 bits per heavy atom. The molecule has 0 saturated heterocycles. The number of allylic oxidation sites excluding steroid dienone is 1. The van der Waals surface area contributed by atoms with Crippen LogP contribution >= 0.6 is 0 Å². The molecule has 1 aliphatic heterocycles. The third kappa shape index (κ3) is 5.37. The van der Waals surface area contributed by atoms with Gasteiger partial charge in [0, 0.05) is 17.4 Å². The van der Waals surface area contributed by atoms with Crippen LogP contribution in [0.5, 0.6) is 11.5 Å². The number of ether oxygens (including phenoxy) is 1. The van der Waals surface area contributed by atoms with Gasteiger partial charge in [-0.2, -0.15) is 0 Å². The summed E-state index contributed by atoms with van der Waals surface area (Å²) in [5.74, 6) is 1.44. The van der Waals surface area contributed by atoms with E-state index in [1.54, 1.807) is 0 Å². The van der Waals surface area contributed by atoms with Gasteiger partial charge < -0.3 is 19.8 Å². The Morgan fingerprint density at radius 1 is 1.25 bits per heavy atom. The van der Waals surface area contributed by atoms with Crippen molar-refractivity contribution in [3.05, 3.63) is 45.0 Å². The fourth-order valence-electron chi connectivity index (χ4n) is 5.29. The molecule has 3 rings (SSSR count).